The van der Waals surface area contributed by atoms with Crippen LogP contribution in [-0.2, 0) is 19.9 Å². The van der Waals surface area contributed by atoms with Crippen molar-refractivity contribution >= 4 is 55.8 Å². The maximum Gasteiger partial charge on any atom is 0.250 e. The van der Waals surface area contributed by atoms with E-state index >= 15 is 0 Å². The van der Waals surface area contributed by atoms with Crippen molar-refractivity contribution in [2.75, 3.05) is 16.8 Å². The van der Waals surface area contributed by atoms with Gasteiger partial charge in [0.2, 0.25) is 17.7 Å². The number of hydrogen-bond acceptors (Lipinski definition) is 4. The van der Waals surface area contributed by atoms with E-state index in [0.717, 1.165) is 39.3 Å². The molecule has 1 spiro atoms. The zero-order valence-corrected chi connectivity index (χ0v) is 19.2. The topological polar surface area (TPSA) is 69.7 Å². The summed E-state index contributed by atoms with van der Waals surface area (Å²) >= 11 is 3.54. The second-order valence-corrected chi connectivity index (χ2v) is 10.3. The number of amides is 3. The molecule has 0 aliphatic carbocycles. The number of imide groups is 1. The van der Waals surface area contributed by atoms with Gasteiger partial charge in [-0.05, 0) is 60.5 Å². The Morgan fingerprint density at radius 2 is 1.76 bits per heavy atom. The molecule has 4 aliphatic rings. The minimum Gasteiger partial charge on any atom is -0.324 e. The second-order valence-electron chi connectivity index (χ2n) is 9.36. The fourth-order valence-electron chi connectivity index (χ4n) is 6.75. The number of benzene rings is 3. The lowest BCUT2D eigenvalue weighted by Crippen LogP contribution is -2.54. The van der Waals surface area contributed by atoms with Crippen LogP contribution in [0.3, 0.4) is 0 Å². The highest BCUT2D eigenvalue weighted by atomic mass is 79.9. The molecule has 1 N–H and O–H groups in total. The quantitative estimate of drug-likeness (QED) is 0.511. The molecule has 0 unspecified atom stereocenters. The van der Waals surface area contributed by atoms with Crippen molar-refractivity contribution in [3.63, 3.8) is 0 Å². The number of fused-ring (bicyclic) bond motifs is 8. The molecule has 4 heterocycles. The average molecular weight is 502 g/mol. The Morgan fingerprint density at radius 1 is 0.939 bits per heavy atom. The van der Waals surface area contributed by atoms with Gasteiger partial charge in [0.15, 0.2) is 0 Å². The summed E-state index contributed by atoms with van der Waals surface area (Å²) in [7, 11) is 0. The van der Waals surface area contributed by atoms with Crippen LogP contribution in [0.25, 0.3) is 10.8 Å². The summed E-state index contributed by atoms with van der Waals surface area (Å²) in [6, 6.07) is 19.1. The molecule has 6 nitrogen and oxygen atoms in total. The van der Waals surface area contributed by atoms with Crippen molar-refractivity contribution in [2.24, 2.45) is 11.8 Å². The van der Waals surface area contributed by atoms with Crippen LogP contribution in [0.15, 0.2) is 65.1 Å². The van der Waals surface area contributed by atoms with Gasteiger partial charge in [0.1, 0.15) is 5.54 Å². The predicted octanol–water partition coefficient (Wildman–Crippen LogP) is 4.03. The van der Waals surface area contributed by atoms with E-state index in [0.29, 0.717) is 12.2 Å². The molecule has 4 atom stereocenters. The van der Waals surface area contributed by atoms with Crippen molar-refractivity contribution in [1.29, 1.82) is 0 Å². The molecule has 3 fully saturated rings. The number of anilines is 2. The molecule has 7 rings (SSSR count). The Morgan fingerprint density at radius 3 is 2.61 bits per heavy atom. The minimum absolute atomic E-state index is 0.118. The highest BCUT2D eigenvalue weighted by Crippen LogP contribution is 2.60. The highest BCUT2D eigenvalue weighted by molar-refractivity contribution is 9.10. The zero-order chi connectivity index (χ0) is 22.5. The van der Waals surface area contributed by atoms with Gasteiger partial charge in [-0.1, -0.05) is 46.3 Å². The van der Waals surface area contributed by atoms with Crippen LogP contribution in [-0.4, -0.2) is 35.2 Å². The summed E-state index contributed by atoms with van der Waals surface area (Å²) in [4.78, 5) is 45.0. The SMILES string of the molecule is O=C1[C@H]2[C@@H](C(=O)N1c1ccc3ccccc3c1)[C@]1(C(=O)Nc3ccc(Br)cc31)N1CCC[C@@H]21. The van der Waals surface area contributed by atoms with Crippen molar-refractivity contribution < 1.29 is 14.4 Å². The molecule has 4 aliphatic heterocycles. The van der Waals surface area contributed by atoms with Gasteiger partial charge in [0.05, 0.1) is 17.5 Å². The lowest BCUT2D eigenvalue weighted by atomic mass is 9.75. The van der Waals surface area contributed by atoms with E-state index in [-0.39, 0.29) is 23.8 Å². The lowest BCUT2D eigenvalue weighted by molar-refractivity contribution is -0.135. The standard InChI is InChI=1S/C26H20BrN3O3/c27-16-8-10-19-18(13-16)26(25(33)28-19)22-21(20-6-3-11-29(20)26)23(31)30(24(22)32)17-9-7-14-4-1-2-5-15(14)12-17/h1-2,4-5,7-10,12-13,20-22H,3,6,11H2,(H,28,33)/t20-,21+,22-,26+/m0/s1. The van der Waals surface area contributed by atoms with Gasteiger partial charge in [-0.25, -0.2) is 4.90 Å². The van der Waals surface area contributed by atoms with E-state index in [1.165, 1.54) is 4.90 Å². The van der Waals surface area contributed by atoms with Crippen LogP contribution >= 0.6 is 15.9 Å². The Labute approximate surface area is 198 Å². The molecule has 0 radical (unpaired) electrons. The summed E-state index contributed by atoms with van der Waals surface area (Å²) < 4.78 is 0.847. The molecular formula is C26H20BrN3O3. The third-order valence-corrected chi connectivity index (χ3v) is 8.44. The fraction of sp³-hybridized carbons (Fsp3) is 0.269. The first kappa shape index (κ1) is 19.4. The van der Waals surface area contributed by atoms with E-state index in [2.05, 4.69) is 26.1 Å². The van der Waals surface area contributed by atoms with Gasteiger partial charge < -0.3 is 5.32 Å². The highest BCUT2D eigenvalue weighted by Gasteiger charge is 2.74. The van der Waals surface area contributed by atoms with Crippen molar-refractivity contribution in [2.45, 2.75) is 24.4 Å². The summed E-state index contributed by atoms with van der Waals surface area (Å²) in [5.74, 6) is -1.93. The molecular weight excluding hydrogens is 482 g/mol. The Kier molecular flexibility index (Phi) is 3.84. The van der Waals surface area contributed by atoms with Crippen LogP contribution < -0.4 is 10.2 Å². The zero-order valence-electron chi connectivity index (χ0n) is 17.6. The van der Waals surface area contributed by atoms with Crippen LogP contribution in [0.1, 0.15) is 18.4 Å². The molecule has 0 bridgehead atoms. The molecule has 0 saturated carbocycles. The molecule has 7 heteroatoms. The van der Waals surface area contributed by atoms with E-state index in [4.69, 9.17) is 0 Å². The summed E-state index contributed by atoms with van der Waals surface area (Å²) in [6.45, 7) is 0.702. The Bertz CT molecular complexity index is 1400. The van der Waals surface area contributed by atoms with Gasteiger partial charge in [-0.15, -0.1) is 0 Å². The minimum atomic E-state index is -1.15. The van der Waals surface area contributed by atoms with Crippen LogP contribution in [0.2, 0.25) is 0 Å². The second kappa shape index (κ2) is 6.52. The number of nitrogens with zero attached hydrogens (tertiary/aromatic N) is 2. The monoisotopic (exact) mass is 501 g/mol. The molecule has 3 saturated heterocycles. The number of carbonyl (C=O) groups is 3. The summed E-state index contributed by atoms with van der Waals surface area (Å²) in [5, 5.41) is 5.03. The van der Waals surface area contributed by atoms with E-state index in [1.807, 2.05) is 60.7 Å². The van der Waals surface area contributed by atoms with Gasteiger partial charge in [0, 0.05) is 21.8 Å². The van der Waals surface area contributed by atoms with Gasteiger partial charge in [-0.3, -0.25) is 19.3 Å². The molecule has 3 aromatic carbocycles. The third-order valence-electron chi connectivity index (χ3n) is 7.95. The van der Waals surface area contributed by atoms with E-state index < -0.39 is 17.4 Å². The number of carbonyl (C=O) groups excluding carboxylic acids is 3. The predicted molar refractivity (Wildman–Crippen MR) is 128 cm³/mol. The fourth-order valence-corrected chi connectivity index (χ4v) is 7.11. The maximum atomic E-state index is 14.1. The molecule has 3 amide bonds. The number of rotatable bonds is 1. The normalized spacial score (nSPS) is 30.3. The molecule has 33 heavy (non-hydrogen) atoms. The molecule has 164 valence electrons. The largest absolute Gasteiger partial charge is 0.324 e. The number of halogens is 1. The molecule has 0 aromatic heterocycles. The van der Waals surface area contributed by atoms with Gasteiger partial charge in [-0.2, -0.15) is 0 Å². The van der Waals surface area contributed by atoms with Crippen molar-refractivity contribution in [1.82, 2.24) is 4.90 Å². The third kappa shape index (κ3) is 2.29. The Hall–Kier alpha value is -3.03. The molecule has 3 aromatic rings. The lowest BCUT2D eigenvalue weighted by Gasteiger charge is -2.36. The maximum absolute atomic E-state index is 14.1. The summed E-state index contributed by atoms with van der Waals surface area (Å²) in [5.41, 5.74) is 0.941. The van der Waals surface area contributed by atoms with Crippen molar-refractivity contribution in [3.8, 4) is 0 Å². The van der Waals surface area contributed by atoms with Gasteiger partial charge in [0.25, 0.3) is 0 Å². The Balaban J connectivity index is 1.42. The van der Waals surface area contributed by atoms with Crippen molar-refractivity contribution in [3.05, 3.63) is 70.7 Å². The average Bonchev–Trinajstić information content (AvgIpc) is 3.52. The number of nitrogens with one attached hydrogen (secondary N) is 1. The first-order chi connectivity index (χ1) is 16.0. The van der Waals surface area contributed by atoms with Crippen LogP contribution in [0.5, 0.6) is 0 Å². The first-order valence-electron chi connectivity index (χ1n) is 11.3. The first-order valence-corrected chi connectivity index (χ1v) is 12.1. The van der Waals surface area contributed by atoms with Gasteiger partial charge >= 0.3 is 0 Å². The van der Waals surface area contributed by atoms with E-state index in [1.54, 1.807) is 0 Å². The number of hydrogen-bond donors (Lipinski definition) is 1. The van der Waals surface area contributed by atoms with Crippen LogP contribution in [0.4, 0.5) is 11.4 Å². The van der Waals surface area contributed by atoms with E-state index in [9.17, 15) is 14.4 Å². The smallest absolute Gasteiger partial charge is 0.250 e. The van der Waals surface area contributed by atoms with Crippen LogP contribution in [0, 0.1) is 11.8 Å². The summed E-state index contributed by atoms with van der Waals surface area (Å²) in [6.07, 6.45) is 1.72.